The zero-order chi connectivity index (χ0) is 20.5. The number of pyridine rings is 1. The molecule has 3 aromatic heterocycles. The van der Waals surface area contributed by atoms with Crippen molar-refractivity contribution in [2.24, 2.45) is 0 Å². The summed E-state index contributed by atoms with van der Waals surface area (Å²) in [5.74, 6) is -0.167. The van der Waals surface area contributed by atoms with E-state index in [1.54, 1.807) is 11.1 Å². The summed E-state index contributed by atoms with van der Waals surface area (Å²) in [6, 6.07) is 11.7. The van der Waals surface area contributed by atoms with Gasteiger partial charge in [-0.05, 0) is 63.1 Å². The molecular weight excluding hydrogens is 382 g/mol. The van der Waals surface area contributed by atoms with Gasteiger partial charge in [-0.1, -0.05) is 23.5 Å². The van der Waals surface area contributed by atoms with Gasteiger partial charge in [0.1, 0.15) is 0 Å². The summed E-state index contributed by atoms with van der Waals surface area (Å²) in [4.78, 5) is 24.4. The highest BCUT2D eigenvalue weighted by atomic mass is 32.1. The molecule has 0 bridgehead atoms. The predicted octanol–water partition coefficient (Wildman–Crippen LogP) is 4.68. The van der Waals surface area contributed by atoms with E-state index in [2.05, 4.69) is 36.1 Å². The zero-order valence-corrected chi connectivity index (χ0v) is 17.8. The van der Waals surface area contributed by atoms with Crippen LogP contribution in [0.15, 0.2) is 42.6 Å². The highest BCUT2D eigenvalue weighted by Gasteiger charge is 2.25. The number of nitrogens with zero attached hydrogens (tertiary/aromatic N) is 5. The molecular formula is C22H23N5OS. The van der Waals surface area contributed by atoms with E-state index in [-0.39, 0.29) is 5.91 Å². The highest BCUT2D eigenvalue weighted by molar-refractivity contribution is 7.22. The quantitative estimate of drug-likeness (QED) is 0.484. The molecule has 0 N–H and O–H groups in total. The Morgan fingerprint density at radius 3 is 2.69 bits per heavy atom. The molecule has 0 saturated carbocycles. The first-order valence-corrected chi connectivity index (χ1v) is 10.4. The van der Waals surface area contributed by atoms with Gasteiger partial charge in [0.05, 0.1) is 22.5 Å². The lowest BCUT2D eigenvalue weighted by molar-refractivity contribution is 0.0979. The van der Waals surface area contributed by atoms with E-state index in [1.807, 2.05) is 42.8 Å². The van der Waals surface area contributed by atoms with Crippen LogP contribution in [-0.2, 0) is 13.1 Å². The molecule has 6 nitrogen and oxygen atoms in total. The molecule has 3 heterocycles. The highest BCUT2D eigenvalue weighted by Crippen LogP contribution is 2.33. The average Bonchev–Trinajstić information content (AvgIpc) is 3.33. The maximum Gasteiger partial charge on any atom is 0.280 e. The second-order valence-electron chi connectivity index (χ2n) is 7.05. The lowest BCUT2D eigenvalue weighted by atomic mass is 10.1. The number of hydrogen-bond donors (Lipinski definition) is 0. The molecule has 29 heavy (non-hydrogen) atoms. The van der Waals surface area contributed by atoms with Crippen LogP contribution in [0.3, 0.4) is 0 Å². The third kappa shape index (κ3) is 3.65. The van der Waals surface area contributed by atoms with E-state index in [0.29, 0.717) is 17.4 Å². The van der Waals surface area contributed by atoms with Gasteiger partial charge in [0.2, 0.25) is 0 Å². The molecule has 7 heteroatoms. The lowest BCUT2D eigenvalue weighted by Crippen LogP contribution is -2.31. The van der Waals surface area contributed by atoms with Gasteiger partial charge < -0.3 is 0 Å². The van der Waals surface area contributed by atoms with Crippen molar-refractivity contribution in [1.29, 1.82) is 0 Å². The minimum atomic E-state index is -0.167. The van der Waals surface area contributed by atoms with Crippen LogP contribution in [0.25, 0.3) is 10.2 Å². The van der Waals surface area contributed by atoms with E-state index in [9.17, 15) is 4.79 Å². The Morgan fingerprint density at radius 2 is 2.00 bits per heavy atom. The van der Waals surface area contributed by atoms with E-state index in [0.717, 1.165) is 33.7 Å². The standard InChI is InChI=1S/C22H23N5OS/c1-5-27-15(3)12-18(25-27)21(28)26(13-17-8-6-7-11-23-17)22-24-20-16(4)14(2)9-10-19(20)29-22/h6-12H,5,13H2,1-4H3. The van der Waals surface area contributed by atoms with Crippen LogP contribution in [0.5, 0.6) is 0 Å². The van der Waals surface area contributed by atoms with Gasteiger partial charge in [-0.25, -0.2) is 4.98 Å². The molecule has 1 amide bonds. The van der Waals surface area contributed by atoms with Crippen molar-refractivity contribution in [3.05, 3.63) is 70.8 Å². The molecule has 1 aromatic carbocycles. The van der Waals surface area contributed by atoms with Gasteiger partial charge in [-0.15, -0.1) is 0 Å². The molecule has 148 valence electrons. The summed E-state index contributed by atoms with van der Waals surface area (Å²) in [5, 5.41) is 5.14. The molecule has 4 rings (SSSR count). The number of carbonyl (C=O) groups excluding carboxylic acids is 1. The number of thiazole rings is 1. The number of carbonyl (C=O) groups is 1. The number of hydrogen-bond acceptors (Lipinski definition) is 5. The zero-order valence-electron chi connectivity index (χ0n) is 17.0. The Kier molecular flexibility index (Phi) is 5.15. The average molecular weight is 406 g/mol. The fourth-order valence-corrected chi connectivity index (χ4v) is 4.31. The van der Waals surface area contributed by atoms with E-state index >= 15 is 0 Å². The Bertz CT molecular complexity index is 1180. The van der Waals surface area contributed by atoms with Crippen LogP contribution in [0.4, 0.5) is 5.13 Å². The van der Waals surface area contributed by atoms with Gasteiger partial charge in [-0.2, -0.15) is 5.10 Å². The normalized spacial score (nSPS) is 11.2. The molecule has 0 saturated heterocycles. The van der Waals surface area contributed by atoms with Crippen LogP contribution < -0.4 is 4.90 Å². The van der Waals surface area contributed by atoms with Crippen LogP contribution in [-0.4, -0.2) is 25.7 Å². The van der Waals surface area contributed by atoms with Gasteiger partial charge in [-0.3, -0.25) is 19.4 Å². The molecule has 0 aliphatic carbocycles. The smallest absolute Gasteiger partial charge is 0.276 e. The van der Waals surface area contributed by atoms with Crippen molar-refractivity contribution in [3.8, 4) is 0 Å². The summed E-state index contributed by atoms with van der Waals surface area (Å²) in [6.45, 7) is 9.18. The fraction of sp³-hybridized carbons (Fsp3) is 0.273. The topological polar surface area (TPSA) is 63.9 Å². The maximum absolute atomic E-state index is 13.4. The maximum atomic E-state index is 13.4. The molecule has 0 spiro atoms. The second kappa shape index (κ2) is 7.75. The summed E-state index contributed by atoms with van der Waals surface area (Å²) in [6.07, 6.45) is 1.74. The number of aryl methyl sites for hydroxylation is 4. The van der Waals surface area contributed by atoms with Crippen LogP contribution >= 0.6 is 11.3 Å². The Labute approximate surface area is 173 Å². The van der Waals surface area contributed by atoms with Gasteiger partial charge >= 0.3 is 0 Å². The third-order valence-corrected chi connectivity index (χ3v) is 6.14. The van der Waals surface area contributed by atoms with Crippen molar-refractivity contribution >= 4 is 32.6 Å². The third-order valence-electron chi connectivity index (χ3n) is 5.10. The van der Waals surface area contributed by atoms with E-state index < -0.39 is 0 Å². The van der Waals surface area contributed by atoms with Gasteiger partial charge in [0.15, 0.2) is 10.8 Å². The summed E-state index contributed by atoms with van der Waals surface area (Å²) in [7, 11) is 0. The number of fused-ring (bicyclic) bond motifs is 1. The summed E-state index contributed by atoms with van der Waals surface area (Å²) in [5.41, 5.74) is 5.46. The largest absolute Gasteiger partial charge is 0.280 e. The molecule has 0 radical (unpaired) electrons. The Morgan fingerprint density at radius 1 is 1.17 bits per heavy atom. The minimum absolute atomic E-state index is 0.167. The Balaban J connectivity index is 1.79. The van der Waals surface area contributed by atoms with Gasteiger partial charge in [0.25, 0.3) is 5.91 Å². The number of rotatable bonds is 5. The molecule has 0 atom stereocenters. The SMILES string of the molecule is CCn1nc(C(=O)N(Cc2ccccn2)c2nc3c(C)c(C)ccc3s2)cc1C. The molecule has 0 aliphatic heterocycles. The van der Waals surface area contributed by atoms with Crippen molar-refractivity contribution in [1.82, 2.24) is 19.7 Å². The predicted molar refractivity (Wildman–Crippen MR) is 116 cm³/mol. The first-order valence-electron chi connectivity index (χ1n) is 9.61. The van der Waals surface area contributed by atoms with Crippen LogP contribution in [0, 0.1) is 20.8 Å². The number of benzene rings is 1. The van der Waals surface area contributed by atoms with E-state index in [4.69, 9.17) is 4.98 Å². The number of anilines is 1. The van der Waals surface area contributed by atoms with E-state index in [1.165, 1.54) is 16.9 Å². The van der Waals surface area contributed by atoms with Crippen LogP contribution in [0.2, 0.25) is 0 Å². The lowest BCUT2D eigenvalue weighted by Gasteiger charge is -2.18. The van der Waals surface area contributed by atoms with Crippen molar-refractivity contribution in [2.45, 2.75) is 40.8 Å². The molecule has 4 aromatic rings. The molecule has 0 aliphatic rings. The molecule has 0 fully saturated rings. The van der Waals surface area contributed by atoms with Crippen molar-refractivity contribution < 1.29 is 4.79 Å². The van der Waals surface area contributed by atoms with Crippen molar-refractivity contribution in [3.63, 3.8) is 0 Å². The number of amides is 1. The Hall–Kier alpha value is -3.06. The minimum Gasteiger partial charge on any atom is -0.276 e. The summed E-state index contributed by atoms with van der Waals surface area (Å²) >= 11 is 1.52. The molecule has 0 unspecified atom stereocenters. The van der Waals surface area contributed by atoms with Gasteiger partial charge in [0, 0.05) is 18.4 Å². The summed E-state index contributed by atoms with van der Waals surface area (Å²) < 4.78 is 2.90. The van der Waals surface area contributed by atoms with Crippen molar-refractivity contribution in [2.75, 3.05) is 4.90 Å². The van der Waals surface area contributed by atoms with Crippen LogP contribution in [0.1, 0.15) is 39.9 Å². The number of aromatic nitrogens is 4. The second-order valence-corrected chi connectivity index (χ2v) is 8.06. The fourth-order valence-electron chi connectivity index (χ4n) is 3.28. The first kappa shape index (κ1) is 19.3. The first-order chi connectivity index (χ1) is 14.0. The monoisotopic (exact) mass is 405 g/mol.